The Bertz CT molecular complexity index is 1090. The number of carbonyl (C=O) groups excluding carboxylic acids is 2. The first kappa shape index (κ1) is 22.8. The van der Waals surface area contributed by atoms with Gasteiger partial charge in [-0.3, -0.25) is 9.59 Å². The fourth-order valence-corrected chi connectivity index (χ4v) is 6.59. The molecule has 8 nitrogen and oxygen atoms in total. The molecule has 2 aliphatic heterocycles. The molecule has 2 fully saturated rings. The Balaban J connectivity index is 1.36. The minimum atomic E-state index is -3.74. The first-order valence-corrected chi connectivity index (χ1v) is 12.7. The topological polar surface area (TPSA) is 96.0 Å². The lowest BCUT2D eigenvalue weighted by Gasteiger charge is -2.30. The monoisotopic (exact) mass is 481 g/mol. The van der Waals surface area contributed by atoms with E-state index < -0.39 is 15.8 Å². The predicted octanol–water partition coefficient (Wildman–Crippen LogP) is 2.40. The van der Waals surface area contributed by atoms with Gasteiger partial charge in [0.05, 0.1) is 18.8 Å². The quantitative estimate of drug-likeness (QED) is 0.708. The van der Waals surface area contributed by atoms with E-state index in [1.807, 2.05) is 0 Å². The van der Waals surface area contributed by atoms with Crippen LogP contribution in [0.2, 0.25) is 0 Å². The number of piperidine rings is 1. The number of amides is 2. The minimum Gasteiger partial charge on any atom is -0.378 e. The first-order valence-electron chi connectivity index (χ1n) is 10.4. The molecule has 2 saturated heterocycles. The average Bonchev–Trinajstić information content (AvgIpc) is 3.30. The van der Waals surface area contributed by atoms with Crippen molar-refractivity contribution in [1.29, 1.82) is 0 Å². The predicted molar refractivity (Wildman–Crippen MR) is 118 cm³/mol. The molecule has 32 heavy (non-hydrogen) atoms. The zero-order valence-electron chi connectivity index (χ0n) is 17.3. The molecule has 4 rings (SSSR count). The van der Waals surface area contributed by atoms with Crippen LogP contribution in [0.4, 0.5) is 10.1 Å². The highest BCUT2D eigenvalue weighted by Crippen LogP contribution is 2.29. The Hall–Kier alpha value is -2.34. The summed E-state index contributed by atoms with van der Waals surface area (Å²) in [5.41, 5.74) is 0.737. The summed E-state index contributed by atoms with van der Waals surface area (Å²) in [5, 5.41) is 4.26. The molecule has 11 heteroatoms. The summed E-state index contributed by atoms with van der Waals surface area (Å²) in [4.78, 5) is 26.7. The standard InChI is InChI=1S/C21H24FN3O5S2/c22-17-2-1-3-18(13-17)23-20(26)15-4-6-25(7-5-15)32(28,29)19-12-16(14-31-19)21(27)24-8-10-30-11-9-24/h1-3,12-15H,4-11H2,(H,23,26). The number of anilines is 1. The second-order valence-corrected chi connectivity index (χ2v) is 10.8. The molecule has 0 unspecified atom stereocenters. The summed E-state index contributed by atoms with van der Waals surface area (Å²) < 4.78 is 46.1. The highest BCUT2D eigenvalue weighted by Gasteiger charge is 2.33. The van der Waals surface area contributed by atoms with Gasteiger partial charge in [-0.15, -0.1) is 11.3 Å². The lowest BCUT2D eigenvalue weighted by Crippen LogP contribution is -2.41. The number of thiophene rings is 1. The molecular formula is C21H24FN3O5S2. The van der Waals surface area contributed by atoms with Crippen LogP contribution in [0, 0.1) is 11.7 Å². The van der Waals surface area contributed by atoms with E-state index in [1.54, 1.807) is 16.3 Å². The van der Waals surface area contributed by atoms with Crippen LogP contribution in [0.1, 0.15) is 23.2 Å². The fraction of sp³-hybridized carbons (Fsp3) is 0.429. The fourth-order valence-electron chi connectivity index (χ4n) is 3.81. The number of rotatable bonds is 5. The van der Waals surface area contributed by atoms with Crippen LogP contribution in [0.25, 0.3) is 0 Å². The van der Waals surface area contributed by atoms with E-state index in [0.29, 0.717) is 50.4 Å². The molecule has 172 valence electrons. The number of nitrogens with zero attached hydrogens (tertiary/aromatic N) is 2. The van der Waals surface area contributed by atoms with E-state index in [0.717, 1.165) is 11.3 Å². The number of morpholine rings is 1. The molecule has 1 aromatic heterocycles. The van der Waals surface area contributed by atoms with Crippen LogP contribution in [-0.4, -0.2) is 68.8 Å². The molecule has 0 bridgehead atoms. The minimum absolute atomic E-state index is 0.122. The molecular weight excluding hydrogens is 457 g/mol. The van der Waals surface area contributed by atoms with E-state index in [1.165, 1.54) is 28.6 Å². The lowest BCUT2D eigenvalue weighted by atomic mass is 9.97. The van der Waals surface area contributed by atoms with E-state index in [2.05, 4.69) is 5.32 Å². The molecule has 0 saturated carbocycles. The number of sulfonamides is 1. The second-order valence-electron chi connectivity index (χ2n) is 7.74. The van der Waals surface area contributed by atoms with Gasteiger partial charge in [-0.1, -0.05) is 6.07 Å². The van der Waals surface area contributed by atoms with E-state index in [-0.39, 0.29) is 35.0 Å². The van der Waals surface area contributed by atoms with Crippen molar-refractivity contribution >= 4 is 38.9 Å². The highest BCUT2D eigenvalue weighted by molar-refractivity contribution is 7.91. The van der Waals surface area contributed by atoms with E-state index in [4.69, 9.17) is 4.74 Å². The number of carbonyl (C=O) groups is 2. The molecule has 2 amide bonds. The van der Waals surface area contributed by atoms with Gasteiger partial charge in [0.15, 0.2) is 0 Å². The molecule has 2 aromatic rings. The van der Waals surface area contributed by atoms with Gasteiger partial charge in [0.25, 0.3) is 15.9 Å². The Morgan fingerprint density at radius 2 is 1.81 bits per heavy atom. The zero-order valence-corrected chi connectivity index (χ0v) is 19.0. The summed E-state index contributed by atoms with van der Waals surface area (Å²) in [7, 11) is -3.74. The Labute approximate surface area is 190 Å². The number of nitrogens with one attached hydrogen (secondary N) is 1. The van der Waals surface area contributed by atoms with E-state index in [9.17, 15) is 22.4 Å². The van der Waals surface area contributed by atoms with Crippen LogP contribution in [0.15, 0.2) is 39.9 Å². The number of hydrogen-bond donors (Lipinski definition) is 1. The van der Waals surface area contributed by atoms with Crippen LogP contribution in [0.3, 0.4) is 0 Å². The third-order valence-corrected chi connectivity index (χ3v) is 8.95. The summed E-state index contributed by atoms with van der Waals surface area (Å²) >= 11 is 1.03. The summed E-state index contributed by atoms with van der Waals surface area (Å²) in [6.45, 7) is 2.33. The SMILES string of the molecule is O=C(Nc1cccc(F)c1)C1CCN(S(=O)(=O)c2cc(C(=O)N3CCOCC3)cs2)CC1. The van der Waals surface area contributed by atoms with Gasteiger partial charge < -0.3 is 15.0 Å². The normalized spacial score (nSPS) is 18.5. The van der Waals surface area contributed by atoms with E-state index >= 15 is 0 Å². The zero-order chi connectivity index (χ0) is 22.7. The molecule has 1 aromatic carbocycles. The molecule has 2 aliphatic rings. The number of halogens is 1. The summed E-state index contributed by atoms with van der Waals surface area (Å²) in [5.74, 6) is -1.24. The number of ether oxygens (including phenoxy) is 1. The molecule has 0 spiro atoms. The highest BCUT2D eigenvalue weighted by atomic mass is 32.2. The van der Waals surface area contributed by atoms with Crippen LogP contribution in [0.5, 0.6) is 0 Å². The van der Waals surface area contributed by atoms with Crippen molar-refractivity contribution in [2.75, 3.05) is 44.7 Å². The Kier molecular flexibility index (Phi) is 6.89. The van der Waals surface area contributed by atoms with Crippen LogP contribution in [-0.2, 0) is 19.6 Å². The van der Waals surface area contributed by atoms with Crippen LogP contribution < -0.4 is 5.32 Å². The summed E-state index contributed by atoms with van der Waals surface area (Å²) in [6.07, 6.45) is 0.733. The van der Waals surface area contributed by atoms with Crippen molar-refractivity contribution in [3.05, 3.63) is 47.1 Å². The van der Waals surface area contributed by atoms with Crippen LogP contribution >= 0.6 is 11.3 Å². The third-order valence-electron chi connectivity index (χ3n) is 5.63. The lowest BCUT2D eigenvalue weighted by molar-refractivity contribution is -0.120. The van der Waals surface area contributed by atoms with Crippen molar-refractivity contribution < 1.29 is 27.1 Å². The molecule has 1 N–H and O–H groups in total. The Morgan fingerprint density at radius 1 is 1.09 bits per heavy atom. The largest absolute Gasteiger partial charge is 0.378 e. The maximum Gasteiger partial charge on any atom is 0.254 e. The third kappa shape index (κ3) is 5.01. The van der Waals surface area contributed by atoms with Gasteiger partial charge in [-0.2, -0.15) is 4.31 Å². The maximum absolute atomic E-state index is 13.3. The second kappa shape index (κ2) is 9.65. The number of benzene rings is 1. The molecule has 0 atom stereocenters. The van der Waals surface area contributed by atoms with Crippen molar-refractivity contribution in [2.24, 2.45) is 5.92 Å². The molecule has 3 heterocycles. The smallest absolute Gasteiger partial charge is 0.254 e. The van der Waals surface area contributed by atoms with Crippen molar-refractivity contribution in [3.8, 4) is 0 Å². The number of hydrogen-bond acceptors (Lipinski definition) is 6. The summed E-state index contributed by atoms with van der Waals surface area (Å²) in [6, 6.07) is 7.08. The van der Waals surface area contributed by atoms with Gasteiger partial charge in [0.2, 0.25) is 5.91 Å². The average molecular weight is 482 g/mol. The molecule has 0 aliphatic carbocycles. The van der Waals surface area contributed by atoms with Gasteiger partial charge >= 0.3 is 0 Å². The van der Waals surface area contributed by atoms with Gasteiger partial charge in [-0.25, -0.2) is 12.8 Å². The Morgan fingerprint density at radius 3 is 2.50 bits per heavy atom. The van der Waals surface area contributed by atoms with Gasteiger partial charge in [0.1, 0.15) is 10.0 Å². The van der Waals surface area contributed by atoms with Crippen molar-refractivity contribution in [2.45, 2.75) is 17.1 Å². The van der Waals surface area contributed by atoms with Crippen molar-refractivity contribution in [1.82, 2.24) is 9.21 Å². The van der Waals surface area contributed by atoms with Gasteiger partial charge in [0, 0.05) is 43.2 Å². The van der Waals surface area contributed by atoms with Gasteiger partial charge in [-0.05, 0) is 37.1 Å². The first-order chi connectivity index (χ1) is 15.3. The maximum atomic E-state index is 13.3. The molecule has 0 radical (unpaired) electrons. The van der Waals surface area contributed by atoms with Crippen molar-refractivity contribution in [3.63, 3.8) is 0 Å².